The van der Waals surface area contributed by atoms with Crippen molar-refractivity contribution in [2.45, 2.75) is 50.9 Å². The zero-order valence-corrected chi connectivity index (χ0v) is 21.2. The van der Waals surface area contributed by atoms with Crippen molar-refractivity contribution in [3.63, 3.8) is 0 Å². The Morgan fingerprint density at radius 2 is 1.81 bits per heavy atom. The molecule has 190 valence electrons. The minimum Gasteiger partial charge on any atom is -0.383 e. The maximum absolute atomic E-state index is 13.7. The number of likely N-dealkylation sites (tertiary alicyclic amines) is 1. The maximum Gasteiger partial charge on any atom is 0.328 e. The number of urea groups is 1. The Morgan fingerprint density at radius 3 is 2.42 bits per heavy atom. The number of benzene rings is 1. The van der Waals surface area contributed by atoms with Crippen molar-refractivity contribution in [2.24, 2.45) is 0 Å². The molecule has 0 unspecified atom stereocenters. The van der Waals surface area contributed by atoms with Crippen molar-refractivity contribution in [3.05, 3.63) is 65.5 Å². The molecule has 3 heterocycles. The van der Waals surface area contributed by atoms with Gasteiger partial charge in [0.1, 0.15) is 11.1 Å². The van der Waals surface area contributed by atoms with E-state index in [1.165, 1.54) is 4.90 Å². The maximum atomic E-state index is 13.7. The van der Waals surface area contributed by atoms with Gasteiger partial charge in [0, 0.05) is 51.2 Å². The van der Waals surface area contributed by atoms with Crippen LogP contribution in [0.3, 0.4) is 0 Å². The van der Waals surface area contributed by atoms with Crippen LogP contribution in [0.5, 0.6) is 0 Å². The van der Waals surface area contributed by atoms with Gasteiger partial charge < -0.3 is 14.7 Å². The lowest BCUT2D eigenvalue weighted by atomic mass is 9.85. The third kappa shape index (κ3) is 5.76. The summed E-state index contributed by atoms with van der Waals surface area (Å²) in [4.78, 5) is 36.5. The average molecular weight is 491 g/mol. The first-order valence-electron chi connectivity index (χ1n) is 12.3. The predicted octanol–water partition coefficient (Wildman–Crippen LogP) is 2.65. The summed E-state index contributed by atoms with van der Waals surface area (Å²) in [6, 6.07) is 11.4. The van der Waals surface area contributed by atoms with E-state index in [-0.39, 0.29) is 18.5 Å². The van der Waals surface area contributed by atoms with E-state index in [1.807, 2.05) is 36.4 Å². The van der Waals surface area contributed by atoms with Crippen LogP contribution in [0.4, 0.5) is 4.79 Å². The van der Waals surface area contributed by atoms with Crippen molar-refractivity contribution in [1.82, 2.24) is 19.7 Å². The highest BCUT2D eigenvalue weighted by atomic mass is 16.5. The van der Waals surface area contributed by atoms with E-state index >= 15 is 0 Å². The molecule has 0 atom stereocenters. The normalized spacial score (nSPS) is 18.0. The summed E-state index contributed by atoms with van der Waals surface area (Å²) in [5, 5.41) is 9.79. The second kappa shape index (κ2) is 10.8. The third-order valence-electron chi connectivity index (χ3n) is 6.76. The van der Waals surface area contributed by atoms with Crippen LogP contribution in [-0.2, 0) is 22.6 Å². The molecule has 8 heteroatoms. The standard InChI is InChI=1S/C28H34N4O4/c1-27(2,35)11-10-22-6-8-23(9-7-22)20-30-15-12-28(13-16-30)25(33)31(21-24-5-4-14-29-19-24)26(34)32(28)17-18-36-3/h4-9,14,19,35H,12-13,15-18,20-21H2,1-3H3. The van der Waals surface area contributed by atoms with E-state index in [9.17, 15) is 14.7 Å². The molecule has 4 rings (SSSR count). The first kappa shape index (κ1) is 25.8. The SMILES string of the molecule is COCCN1C(=O)N(Cc2cccnc2)C(=O)C12CCN(Cc1ccc(C#CC(C)(C)O)cc1)CC2. The van der Waals surface area contributed by atoms with Crippen molar-refractivity contribution >= 4 is 11.9 Å². The predicted molar refractivity (Wildman–Crippen MR) is 136 cm³/mol. The van der Waals surface area contributed by atoms with Gasteiger partial charge in [-0.3, -0.25) is 19.6 Å². The molecule has 1 aromatic carbocycles. The summed E-state index contributed by atoms with van der Waals surface area (Å²) in [6.07, 6.45) is 4.53. The Bertz CT molecular complexity index is 1120. The lowest BCUT2D eigenvalue weighted by molar-refractivity contribution is -0.136. The molecular formula is C28H34N4O4. The number of carbonyl (C=O) groups is 2. The molecule has 0 radical (unpaired) electrons. The molecule has 3 amide bonds. The second-order valence-corrected chi connectivity index (χ2v) is 9.99. The summed E-state index contributed by atoms with van der Waals surface area (Å²) in [5.74, 6) is 5.70. The topological polar surface area (TPSA) is 86.2 Å². The van der Waals surface area contributed by atoms with Crippen LogP contribution >= 0.6 is 0 Å². The zero-order chi connectivity index (χ0) is 25.8. The molecule has 1 N–H and O–H groups in total. The van der Waals surface area contributed by atoms with Crippen LogP contribution in [0.2, 0.25) is 0 Å². The Kier molecular flexibility index (Phi) is 7.74. The molecule has 1 spiro atoms. The van der Waals surface area contributed by atoms with Gasteiger partial charge in [-0.25, -0.2) is 4.79 Å². The number of amides is 3. The van der Waals surface area contributed by atoms with Crippen LogP contribution < -0.4 is 0 Å². The minimum atomic E-state index is -1.02. The molecule has 0 aliphatic carbocycles. The lowest BCUT2D eigenvalue weighted by Crippen LogP contribution is -2.57. The molecule has 2 aliphatic heterocycles. The van der Waals surface area contributed by atoms with Gasteiger partial charge in [0.05, 0.1) is 13.2 Å². The zero-order valence-electron chi connectivity index (χ0n) is 21.2. The van der Waals surface area contributed by atoms with Gasteiger partial charge >= 0.3 is 6.03 Å². The molecule has 8 nitrogen and oxygen atoms in total. The molecule has 2 saturated heterocycles. The van der Waals surface area contributed by atoms with Gasteiger partial charge in [-0.2, -0.15) is 0 Å². The van der Waals surface area contributed by atoms with E-state index in [4.69, 9.17) is 4.74 Å². The monoisotopic (exact) mass is 490 g/mol. The fourth-order valence-corrected chi connectivity index (χ4v) is 4.83. The van der Waals surface area contributed by atoms with E-state index in [1.54, 1.807) is 38.3 Å². The van der Waals surface area contributed by atoms with E-state index in [2.05, 4.69) is 21.7 Å². The van der Waals surface area contributed by atoms with Gasteiger partial charge in [-0.05, 0) is 56.0 Å². The van der Waals surface area contributed by atoms with Gasteiger partial charge in [0.2, 0.25) is 0 Å². The number of methoxy groups -OCH3 is 1. The van der Waals surface area contributed by atoms with E-state index in [0.717, 1.165) is 23.2 Å². The number of hydrogen-bond donors (Lipinski definition) is 1. The summed E-state index contributed by atoms with van der Waals surface area (Å²) in [6.45, 7) is 6.50. The van der Waals surface area contributed by atoms with E-state index < -0.39 is 11.1 Å². The molecule has 36 heavy (non-hydrogen) atoms. The quantitative estimate of drug-likeness (QED) is 0.475. The first-order valence-corrected chi connectivity index (χ1v) is 12.3. The van der Waals surface area contributed by atoms with Crippen LogP contribution in [0.25, 0.3) is 0 Å². The molecule has 2 aromatic rings. The number of rotatable bonds is 7. The Morgan fingerprint density at radius 1 is 1.08 bits per heavy atom. The fraction of sp³-hybridized carbons (Fsp3) is 0.464. The van der Waals surface area contributed by atoms with E-state index in [0.29, 0.717) is 39.1 Å². The van der Waals surface area contributed by atoms with Crippen LogP contribution in [-0.4, -0.2) is 81.2 Å². The summed E-state index contributed by atoms with van der Waals surface area (Å²) >= 11 is 0. The van der Waals surface area contributed by atoms with Crippen molar-refractivity contribution < 1.29 is 19.4 Å². The van der Waals surface area contributed by atoms with Crippen LogP contribution in [0, 0.1) is 11.8 Å². The number of aliphatic hydroxyl groups is 1. The first-order chi connectivity index (χ1) is 17.2. The molecular weight excluding hydrogens is 456 g/mol. The van der Waals surface area contributed by atoms with Gasteiger partial charge in [0.15, 0.2) is 0 Å². The largest absolute Gasteiger partial charge is 0.383 e. The van der Waals surface area contributed by atoms with Crippen molar-refractivity contribution in [3.8, 4) is 11.8 Å². The van der Waals surface area contributed by atoms with Crippen molar-refractivity contribution in [1.29, 1.82) is 0 Å². The highest BCUT2D eigenvalue weighted by Gasteiger charge is 2.57. The summed E-state index contributed by atoms with van der Waals surface area (Å²) in [5.41, 5.74) is 0.993. The number of piperidine rings is 1. The molecule has 1 aromatic heterocycles. The minimum absolute atomic E-state index is 0.123. The molecule has 0 bridgehead atoms. The number of pyridine rings is 1. The highest BCUT2D eigenvalue weighted by molar-refractivity contribution is 6.07. The van der Waals surface area contributed by atoms with Gasteiger partial charge in [-0.1, -0.05) is 30.0 Å². The number of ether oxygens (including phenoxy) is 1. The second-order valence-electron chi connectivity index (χ2n) is 9.99. The van der Waals surface area contributed by atoms with Crippen LogP contribution in [0.15, 0.2) is 48.8 Å². The Labute approximate surface area is 212 Å². The number of carbonyl (C=O) groups excluding carboxylic acids is 2. The Hall–Kier alpha value is -3.25. The Balaban J connectivity index is 1.43. The number of imide groups is 1. The molecule has 2 fully saturated rings. The average Bonchev–Trinajstić information content (AvgIpc) is 3.05. The molecule has 2 aliphatic rings. The van der Waals surface area contributed by atoms with Gasteiger partial charge in [0.25, 0.3) is 5.91 Å². The lowest BCUT2D eigenvalue weighted by Gasteiger charge is -2.42. The third-order valence-corrected chi connectivity index (χ3v) is 6.76. The van der Waals surface area contributed by atoms with Crippen LogP contribution in [0.1, 0.15) is 43.4 Å². The number of hydrogen-bond acceptors (Lipinski definition) is 6. The van der Waals surface area contributed by atoms with Crippen molar-refractivity contribution in [2.75, 3.05) is 33.4 Å². The molecule has 0 saturated carbocycles. The summed E-state index contributed by atoms with van der Waals surface area (Å²) < 4.78 is 5.25. The summed E-state index contributed by atoms with van der Waals surface area (Å²) in [7, 11) is 1.60. The highest BCUT2D eigenvalue weighted by Crippen LogP contribution is 2.38. The smallest absolute Gasteiger partial charge is 0.328 e. The number of aromatic nitrogens is 1. The van der Waals surface area contributed by atoms with Gasteiger partial charge in [-0.15, -0.1) is 0 Å². The number of nitrogens with zero attached hydrogens (tertiary/aromatic N) is 4. The fourth-order valence-electron chi connectivity index (χ4n) is 4.83.